The number of alkyl carbamates (subject to hydrolysis) is 1. The van der Waals surface area contributed by atoms with E-state index < -0.39 is 18.0 Å². The van der Waals surface area contributed by atoms with Gasteiger partial charge in [0, 0.05) is 6.04 Å². The molecule has 0 unspecified atom stereocenters. The molecule has 1 aromatic rings. The highest BCUT2D eigenvalue weighted by molar-refractivity contribution is 6.32. The molecule has 1 aliphatic rings. The Morgan fingerprint density at radius 1 is 1.39 bits per heavy atom. The minimum Gasteiger partial charge on any atom is -0.450 e. The van der Waals surface area contributed by atoms with Crippen LogP contribution in [0.1, 0.15) is 30.3 Å². The molecule has 1 saturated carbocycles. The highest BCUT2D eigenvalue weighted by Crippen LogP contribution is 2.28. The van der Waals surface area contributed by atoms with Gasteiger partial charge in [0.25, 0.3) is 5.91 Å². The second-order valence-corrected chi connectivity index (χ2v) is 5.05. The predicted molar refractivity (Wildman–Crippen MR) is 83.4 cm³/mol. The fraction of sp³-hybridized carbons (Fsp3) is 0.417. The number of amides is 2. The Labute approximate surface area is 136 Å². The molecule has 124 valence electrons. The molecule has 10 nitrogen and oxygen atoms in total. The summed E-state index contributed by atoms with van der Waals surface area (Å²) >= 11 is 5.96. The van der Waals surface area contributed by atoms with E-state index in [1.807, 2.05) is 5.32 Å². The first kappa shape index (κ1) is 16.7. The van der Waals surface area contributed by atoms with Crippen molar-refractivity contribution in [1.82, 2.24) is 20.6 Å². The van der Waals surface area contributed by atoms with E-state index >= 15 is 0 Å². The summed E-state index contributed by atoms with van der Waals surface area (Å²) in [5, 5.41) is 14.6. The number of nitrogens with one attached hydrogen (secondary N) is 4. The average Bonchev–Trinajstić information content (AvgIpc) is 3.26. The first-order valence-electron chi connectivity index (χ1n) is 6.84. The molecular formula is C12H16ClN7O3. The van der Waals surface area contributed by atoms with Crippen LogP contribution in [-0.2, 0) is 4.74 Å². The van der Waals surface area contributed by atoms with Crippen LogP contribution >= 0.6 is 11.6 Å². The molecular weight excluding hydrogens is 326 g/mol. The molecule has 0 bridgehead atoms. The molecule has 23 heavy (non-hydrogen) atoms. The Bertz CT molecular complexity index is 648. The molecule has 0 spiro atoms. The molecule has 2 rings (SSSR count). The standard InChI is InChI=1S/C12H16ClN7O3/c1-2-23-12(22)20-11(15)19-10(21)6-8(14)18-9(7(13)17-6)16-5-3-4-5/h5H,2-4H2,1H3,(H3,14,16,18)(H3,15,19,20,21,22). The number of hydrogen-bond acceptors (Lipinski definition) is 8. The predicted octanol–water partition coefficient (Wildman–Crippen LogP) is 0.697. The molecule has 11 heteroatoms. The van der Waals surface area contributed by atoms with Crippen LogP contribution in [0.5, 0.6) is 0 Å². The zero-order valence-corrected chi connectivity index (χ0v) is 13.0. The van der Waals surface area contributed by atoms with E-state index in [0.717, 1.165) is 12.8 Å². The number of carbonyl (C=O) groups is 2. The second kappa shape index (κ2) is 7.09. The van der Waals surface area contributed by atoms with Crippen molar-refractivity contribution in [3.05, 3.63) is 10.8 Å². The van der Waals surface area contributed by atoms with Gasteiger partial charge in [-0.3, -0.25) is 20.8 Å². The summed E-state index contributed by atoms with van der Waals surface area (Å²) in [6.07, 6.45) is 1.16. The van der Waals surface area contributed by atoms with E-state index in [1.165, 1.54) is 0 Å². The number of aromatic nitrogens is 2. The van der Waals surface area contributed by atoms with Crippen LogP contribution in [0.2, 0.25) is 5.15 Å². The van der Waals surface area contributed by atoms with Crippen LogP contribution in [0.3, 0.4) is 0 Å². The van der Waals surface area contributed by atoms with Crippen LogP contribution < -0.4 is 21.7 Å². The highest BCUT2D eigenvalue weighted by atomic mass is 35.5. The van der Waals surface area contributed by atoms with Crippen molar-refractivity contribution < 1.29 is 14.3 Å². The van der Waals surface area contributed by atoms with Gasteiger partial charge in [0.2, 0.25) is 5.96 Å². The van der Waals surface area contributed by atoms with Crippen LogP contribution in [0.15, 0.2) is 0 Å². The van der Waals surface area contributed by atoms with E-state index in [1.54, 1.807) is 6.92 Å². The van der Waals surface area contributed by atoms with Crippen molar-refractivity contribution in [2.24, 2.45) is 0 Å². The van der Waals surface area contributed by atoms with Gasteiger partial charge in [-0.25, -0.2) is 14.8 Å². The van der Waals surface area contributed by atoms with Crippen molar-refractivity contribution in [1.29, 1.82) is 5.41 Å². The lowest BCUT2D eigenvalue weighted by Crippen LogP contribution is -2.43. The summed E-state index contributed by atoms with van der Waals surface area (Å²) < 4.78 is 4.58. The number of nitrogens with zero attached hydrogens (tertiary/aromatic N) is 2. The van der Waals surface area contributed by atoms with Crippen LogP contribution in [-0.4, -0.2) is 40.6 Å². The minimum absolute atomic E-state index is 0.00105. The number of nitrogens with two attached hydrogens (primary N) is 1. The Hall–Kier alpha value is -2.62. The van der Waals surface area contributed by atoms with Gasteiger partial charge in [-0.1, -0.05) is 11.6 Å². The van der Waals surface area contributed by atoms with E-state index in [2.05, 4.69) is 25.3 Å². The smallest absolute Gasteiger partial charge is 0.413 e. The lowest BCUT2D eigenvalue weighted by atomic mass is 10.3. The Kier molecular flexibility index (Phi) is 5.16. The van der Waals surface area contributed by atoms with Gasteiger partial charge in [-0.15, -0.1) is 0 Å². The highest BCUT2D eigenvalue weighted by Gasteiger charge is 2.25. The van der Waals surface area contributed by atoms with Gasteiger partial charge >= 0.3 is 6.09 Å². The SMILES string of the molecule is CCOC(=O)NC(=N)NC(=O)c1nc(Cl)c(NC2CC2)nc1N. The molecule has 1 fully saturated rings. The minimum atomic E-state index is -0.862. The van der Waals surface area contributed by atoms with Crippen molar-refractivity contribution in [3.8, 4) is 0 Å². The van der Waals surface area contributed by atoms with E-state index in [9.17, 15) is 9.59 Å². The molecule has 1 aromatic heterocycles. The maximum atomic E-state index is 12.0. The molecule has 1 heterocycles. The van der Waals surface area contributed by atoms with E-state index in [-0.39, 0.29) is 23.3 Å². The number of ether oxygens (including phenoxy) is 1. The molecule has 2 amide bonds. The maximum Gasteiger partial charge on any atom is 0.413 e. The molecule has 6 N–H and O–H groups in total. The Morgan fingerprint density at radius 3 is 2.70 bits per heavy atom. The van der Waals surface area contributed by atoms with Crippen molar-refractivity contribution in [3.63, 3.8) is 0 Å². The first-order chi connectivity index (χ1) is 10.9. The third kappa shape index (κ3) is 4.68. The van der Waals surface area contributed by atoms with Gasteiger partial charge < -0.3 is 15.8 Å². The summed E-state index contributed by atoms with van der Waals surface area (Å²) in [6, 6.07) is 0.294. The van der Waals surface area contributed by atoms with Crippen LogP contribution in [0, 0.1) is 5.41 Å². The summed E-state index contributed by atoms with van der Waals surface area (Å²) in [7, 11) is 0. The fourth-order valence-electron chi connectivity index (χ4n) is 1.58. The quantitative estimate of drug-likeness (QED) is 0.398. The number of anilines is 2. The number of nitrogen functional groups attached to an aromatic ring is 1. The van der Waals surface area contributed by atoms with Gasteiger partial charge in [0.15, 0.2) is 22.5 Å². The molecule has 1 aliphatic carbocycles. The number of guanidine groups is 1. The number of halogens is 1. The molecule has 0 aliphatic heterocycles. The molecule has 0 atom stereocenters. The lowest BCUT2D eigenvalue weighted by Gasteiger charge is -2.11. The zero-order chi connectivity index (χ0) is 17.0. The third-order valence-corrected chi connectivity index (χ3v) is 3.02. The molecule has 0 radical (unpaired) electrons. The fourth-order valence-corrected chi connectivity index (χ4v) is 1.76. The summed E-state index contributed by atoms with van der Waals surface area (Å²) in [5.74, 6) is -1.23. The maximum absolute atomic E-state index is 12.0. The average molecular weight is 342 g/mol. The Morgan fingerprint density at radius 2 is 2.09 bits per heavy atom. The van der Waals surface area contributed by atoms with Gasteiger partial charge in [0.1, 0.15) is 0 Å². The number of rotatable bonds is 4. The van der Waals surface area contributed by atoms with Crippen molar-refractivity contribution >= 4 is 41.2 Å². The number of hydrogen-bond donors (Lipinski definition) is 5. The van der Waals surface area contributed by atoms with E-state index in [4.69, 9.17) is 22.7 Å². The molecule has 0 aromatic carbocycles. The van der Waals surface area contributed by atoms with Gasteiger partial charge in [-0.2, -0.15) is 0 Å². The summed E-state index contributed by atoms with van der Waals surface area (Å²) in [5.41, 5.74) is 5.45. The largest absolute Gasteiger partial charge is 0.450 e. The summed E-state index contributed by atoms with van der Waals surface area (Å²) in [4.78, 5) is 31.0. The van der Waals surface area contributed by atoms with Crippen molar-refractivity contribution in [2.75, 3.05) is 17.7 Å². The topological polar surface area (TPSA) is 155 Å². The van der Waals surface area contributed by atoms with Crippen molar-refractivity contribution in [2.45, 2.75) is 25.8 Å². The van der Waals surface area contributed by atoms with E-state index in [0.29, 0.717) is 11.9 Å². The van der Waals surface area contributed by atoms with Crippen LogP contribution in [0.4, 0.5) is 16.4 Å². The Balaban J connectivity index is 2.02. The normalized spacial score (nSPS) is 13.1. The van der Waals surface area contributed by atoms with Gasteiger partial charge in [0.05, 0.1) is 6.61 Å². The molecule has 0 saturated heterocycles. The summed E-state index contributed by atoms with van der Waals surface area (Å²) in [6.45, 7) is 1.74. The first-order valence-corrected chi connectivity index (χ1v) is 7.21. The zero-order valence-electron chi connectivity index (χ0n) is 12.3. The third-order valence-electron chi connectivity index (χ3n) is 2.75. The van der Waals surface area contributed by atoms with Crippen LogP contribution in [0.25, 0.3) is 0 Å². The monoisotopic (exact) mass is 341 g/mol. The van der Waals surface area contributed by atoms with Gasteiger partial charge in [-0.05, 0) is 19.8 Å². The second-order valence-electron chi connectivity index (χ2n) is 4.69. The lowest BCUT2D eigenvalue weighted by molar-refractivity contribution is 0.0971. The number of carbonyl (C=O) groups excluding carboxylic acids is 2.